The van der Waals surface area contributed by atoms with Crippen molar-refractivity contribution in [2.24, 2.45) is 5.92 Å². The van der Waals surface area contributed by atoms with Gasteiger partial charge in [0.15, 0.2) is 21.4 Å². The van der Waals surface area contributed by atoms with E-state index in [2.05, 4.69) is 5.32 Å². The quantitative estimate of drug-likeness (QED) is 0.486. The van der Waals surface area contributed by atoms with E-state index >= 15 is 0 Å². The van der Waals surface area contributed by atoms with E-state index in [0.29, 0.717) is 45.4 Å². The molecular weight excluding hydrogens is 423 g/mol. The van der Waals surface area contributed by atoms with Crippen LogP contribution in [0.2, 0.25) is 0 Å². The summed E-state index contributed by atoms with van der Waals surface area (Å²) in [5.41, 5.74) is 0.731. The van der Waals surface area contributed by atoms with E-state index in [1.807, 2.05) is 20.8 Å². The molecule has 1 atom stereocenters. The molecule has 0 bridgehead atoms. The molecule has 2 rings (SSSR count). The largest absolute Gasteiger partial charge is 0.490 e. The van der Waals surface area contributed by atoms with Crippen LogP contribution in [0.5, 0.6) is 5.75 Å². The molecule has 1 N–H and O–H groups in total. The molecular formula is C22H33FN2O5S. The standard InChI is InChI=1S/C22H33FN2O5S/c1-16(2)14-30-20-13-18(7-8-19(20)23)17(3)15-31(28,29)12-6-4-5-10-25-11-9-21(26)24-22(25)27/h7-8,13,16-17H,4-6,9-12,14-15H2,1-3H3,(H,24,26,27)/t17-/m0/s1. The summed E-state index contributed by atoms with van der Waals surface area (Å²) in [6, 6.07) is 4.13. The molecule has 0 saturated carbocycles. The Labute approximate surface area is 184 Å². The maximum atomic E-state index is 14.0. The minimum Gasteiger partial charge on any atom is -0.490 e. The topological polar surface area (TPSA) is 92.8 Å². The van der Waals surface area contributed by atoms with E-state index in [4.69, 9.17) is 4.74 Å². The molecule has 0 radical (unpaired) electrons. The first-order chi connectivity index (χ1) is 14.6. The van der Waals surface area contributed by atoms with Gasteiger partial charge in [-0.05, 0) is 42.4 Å². The monoisotopic (exact) mass is 456 g/mol. The van der Waals surface area contributed by atoms with Crippen molar-refractivity contribution in [1.82, 2.24) is 10.2 Å². The van der Waals surface area contributed by atoms with Gasteiger partial charge < -0.3 is 9.64 Å². The van der Waals surface area contributed by atoms with Gasteiger partial charge in [0.2, 0.25) is 5.91 Å². The first-order valence-electron chi connectivity index (χ1n) is 10.8. The smallest absolute Gasteiger partial charge is 0.324 e. The van der Waals surface area contributed by atoms with Crippen LogP contribution in [0.3, 0.4) is 0 Å². The average molecular weight is 457 g/mol. The predicted molar refractivity (Wildman–Crippen MR) is 117 cm³/mol. The number of halogens is 1. The second-order valence-corrected chi connectivity index (χ2v) is 10.8. The highest BCUT2D eigenvalue weighted by molar-refractivity contribution is 7.91. The van der Waals surface area contributed by atoms with Crippen LogP contribution in [0.25, 0.3) is 0 Å². The summed E-state index contributed by atoms with van der Waals surface area (Å²) in [6.45, 7) is 7.05. The van der Waals surface area contributed by atoms with Gasteiger partial charge in [-0.2, -0.15) is 0 Å². The van der Waals surface area contributed by atoms with Crippen LogP contribution in [-0.2, 0) is 14.6 Å². The minimum absolute atomic E-state index is 0.0150. The number of hydrogen-bond donors (Lipinski definition) is 1. The Morgan fingerprint density at radius 1 is 1.16 bits per heavy atom. The van der Waals surface area contributed by atoms with Crippen LogP contribution in [0.4, 0.5) is 9.18 Å². The third kappa shape index (κ3) is 8.47. The van der Waals surface area contributed by atoms with Crippen LogP contribution in [0.15, 0.2) is 18.2 Å². The SMILES string of the molecule is CC(C)COc1cc([C@@H](C)CS(=O)(=O)CCCCCN2CCC(=O)NC2=O)ccc1F. The van der Waals surface area contributed by atoms with E-state index in [-0.39, 0.29) is 41.0 Å². The highest BCUT2D eigenvalue weighted by atomic mass is 32.2. The lowest BCUT2D eigenvalue weighted by Crippen LogP contribution is -2.49. The van der Waals surface area contributed by atoms with Gasteiger partial charge in [0, 0.05) is 19.5 Å². The molecule has 1 aromatic carbocycles. The van der Waals surface area contributed by atoms with Gasteiger partial charge >= 0.3 is 6.03 Å². The fraction of sp³-hybridized carbons (Fsp3) is 0.636. The number of sulfone groups is 1. The molecule has 0 unspecified atom stereocenters. The van der Waals surface area contributed by atoms with E-state index in [1.165, 1.54) is 6.07 Å². The third-order valence-electron chi connectivity index (χ3n) is 5.13. The molecule has 9 heteroatoms. The molecule has 0 spiro atoms. The number of urea groups is 1. The van der Waals surface area contributed by atoms with Crippen molar-refractivity contribution < 1.29 is 27.1 Å². The molecule has 7 nitrogen and oxygen atoms in total. The molecule has 31 heavy (non-hydrogen) atoms. The van der Waals surface area contributed by atoms with Gasteiger partial charge in [0.25, 0.3) is 0 Å². The van der Waals surface area contributed by atoms with Gasteiger partial charge in [-0.15, -0.1) is 0 Å². The second kappa shape index (κ2) is 11.5. The van der Waals surface area contributed by atoms with E-state index < -0.39 is 15.7 Å². The van der Waals surface area contributed by atoms with E-state index in [0.717, 1.165) is 5.56 Å². The maximum Gasteiger partial charge on any atom is 0.324 e. The van der Waals surface area contributed by atoms with Crippen molar-refractivity contribution in [3.63, 3.8) is 0 Å². The van der Waals surface area contributed by atoms with Crippen LogP contribution in [-0.4, -0.2) is 56.5 Å². The molecule has 1 aliphatic rings. The number of carbonyl (C=O) groups excluding carboxylic acids is 2. The van der Waals surface area contributed by atoms with Crippen LogP contribution >= 0.6 is 0 Å². The van der Waals surface area contributed by atoms with Crippen molar-refractivity contribution in [3.8, 4) is 5.75 Å². The maximum absolute atomic E-state index is 14.0. The Balaban J connectivity index is 1.78. The summed E-state index contributed by atoms with van der Waals surface area (Å²) < 4.78 is 44.5. The summed E-state index contributed by atoms with van der Waals surface area (Å²) in [6.07, 6.45) is 2.16. The number of imide groups is 1. The first kappa shape index (κ1) is 25.1. The number of unbranched alkanes of at least 4 members (excludes halogenated alkanes) is 2. The van der Waals surface area contributed by atoms with Gasteiger partial charge in [-0.25, -0.2) is 17.6 Å². The normalized spacial score (nSPS) is 15.8. The zero-order valence-electron chi connectivity index (χ0n) is 18.5. The third-order valence-corrected chi connectivity index (χ3v) is 7.04. The number of nitrogens with one attached hydrogen (secondary N) is 1. The summed E-state index contributed by atoms with van der Waals surface area (Å²) >= 11 is 0. The molecule has 174 valence electrons. The zero-order valence-corrected chi connectivity index (χ0v) is 19.3. The van der Waals surface area contributed by atoms with Gasteiger partial charge in [-0.1, -0.05) is 33.3 Å². The average Bonchev–Trinajstić information content (AvgIpc) is 2.68. The number of hydrogen-bond acceptors (Lipinski definition) is 5. The Hall–Kier alpha value is -2.16. The molecule has 1 aromatic rings. The molecule has 1 saturated heterocycles. The highest BCUT2D eigenvalue weighted by Gasteiger charge is 2.22. The Morgan fingerprint density at radius 2 is 1.90 bits per heavy atom. The Morgan fingerprint density at radius 3 is 2.58 bits per heavy atom. The number of rotatable bonds is 12. The first-order valence-corrected chi connectivity index (χ1v) is 12.6. The van der Waals surface area contributed by atoms with Crippen molar-refractivity contribution in [3.05, 3.63) is 29.6 Å². The molecule has 1 heterocycles. The lowest BCUT2D eigenvalue weighted by Gasteiger charge is -2.26. The fourth-order valence-corrected chi connectivity index (χ4v) is 5.13. The second-order valence-electron chi connectivity index (χ2n) is 8.56. The lowest BCUT2D eigenvalue weighted by atomic mass is 10.0. The Kier molecular flexibility index (Phi) is 9.28. The van der Waals surface area contributed by atoms with E-state index in [9.17, 15) is 22.4 Å². The molecule has 3 amide bonds. The summed E-state index contributed by atoms with van der Waals surface area (Å²) in [4.78, 5) is 24.4. The number of carbonyl (C=O) groups is 2. The van der Waals surface area contributed by atoms with Crippen molar-refractivity contribution in [1.29, 1.82) is 0 Å². The van der Waals surface area contributed by atoms with Crippen LogP contribution in [0.1, 0.15) is 57.9 Å². The van der Waals surface area contributed by atoms with Crippen molar-refractivity contribution >= 4 is 21.8 Å². The molecule has 1 aliphatic heterocycles. The summed E-state index contributed by atoms with van der Waals surface area (Å²) in [7, 11) is -3.27. The zero-order chi connectivity index (χ0) is 23.0. The van der Waals surface area contributed by atoms with Crippen LogP contribution in [0, 0.1) is 11.7 Å². The fourth-order valence-electron chi connectivity index (χ4n) is 3.37. The summed E-state index contributed by atoms with van der Waals surface area (Å²) in [5, 5.41) is 2.27. The number of benzene rings is 1. The number of ether oxygens (including phenoxy) is 1. The number of amides is 3. The van der Waals surface area contributed by atoms with Gasteiger partial charge in [0.05, 0.1) is 18.1 Å². The van der Waals surface area contributed by atoms with Crippen LogP contribution < -0.4 is 10.1 Å². The van der Waals surface area contributed by atoms with E-state index in [1.54, 1.807) is 17.0 Å². The highest BCUT2D eigenvalue weighted by Crippen LogP contribution is 2.26. The lowest BCUT2D eigenvalue weighted by molar-refractivity contribution is -0.121. The van der Waals surface area contributed by atoms with Gasteiger partial charge in [0.1, 0.15) is 0 Å². The predicted octanol–water partition coefficient (Wildman–Crippen LogP) is 3.49. The molecule has 0 aromatic heterocycles. The molecule has 1 fully saturated rings. The number of nitrogens with zero attached hydrogens (tertiary/aromatic N) is 1. The molecule has 0 aliphatic carbocycles. The Bertz CT molecular complexity index is 873. The summed E-state index contributed by atoms with van der Waals surface area (Å²) in [5.74, 6) is -0.528. The van der Waals surface area contributed by atoms with Gasteiger partial charge in [-0.3, -0.25) is 10.1 Å². The van der Waals surface area contributed by atoms with Crippen molar-refractivity contribution in [2.75, 3.05) is 31.2 Å². The minimum atomic E-state index is -3.27. The van der Waals surface area contributed by atoms with Crippen molar-refractivity contribution in [2.45, 2.75) is 52.4 Å².